The Kier molecular flexibility index (Phi) is 6.28. The lowest BCUT2D eigenvalue weighted by molar-refractivity contribution is -0.146. The standard InChI is InChI=1S/C18H22F2N2O4/c1-10(2)15(17(24)22-8-4-5-11(9-22)18(25)26)21-16(23)14-12(19)6-3-7-13(14)20/h3,6-7,10-11,15H,4-5,8-9H2,1-2H3,(H,21,23)(H,25,26)/t11-,15?/m0/s1. The number of aliphatic carboxylic acids is 1. The van der Waals surface area contributed by atoms with Crippen LogP contribution < -0.4 is 5.32 Å². The Morgan fingerprint density at radius 2 is 1.85 bits per heavy atom. The monoisotopic (exact) mass is 368 g/mol. The maximum Gasteiger partial charge on any atom is 0.308 e. The molecule has 2 amide bonds. The molecule has 1 heterocycles. The molecule has 1 aromatic carbocycles. The third-order valence-corrected chi connectivity index (χ3v) is 4.49. The Morgan fingerprint density at radius 1 is 1.23 bits per heavy atom. The Bertz CT molecular complexity index is 688. The van der Waals surface area contributed by atoms with Crippen LogP contribution in [0.3, 0.4) is 0 Å². The van der Waals surface area contributed by atoms with E-state index in [2.05, 4.69) is 5.32 Å². The molecule has 0 bridgehead atoms. The van der Waals surface area contributed by atoms with Gasteiger partial charge in [-0.1, -0.05) is 19.9 Å². The molecule has 6 nitrogen and oxygen atoms in total. The van der Waals surface area contributed by atoms with E-state index in [1.807, 2.05) is 0 Å². The predicted molar refractivity (Wildman–Crippen MR) is 89.4 cm³/mol. The largest absolute Gasteiger partial charge is 0.481 e. The first kappa shape index (κ1) is 19.8. The number of benzene rings is 1. The van der Waals surface area contributed by atoms with Crippen molar-refractivity contribution < 1.29 is 28.3 Å². The molecule has 2 atom stereocenters. The minimum absolute atomic E-state index is 0.0569. The molecule has 1 unspecified atom stereocenters. The maximum atomic E-state index is 13.8. The Labute approximate surface area is 150 Å². The molecular weight excluding hydrogens is 346 g/mol. The van der Waals surface area contributed by atoms with Gasteiger partial charge in [-0.15, -0.1) is 0 Å². The molecule has 2 rings (SSSR count). The van der Waals surface area contributed by atoms with Gasteiger partial charge in [0.15, 0.2) is 0 Å². The fraction of sp³-hybridized carbons (Fsp3) is 0.500. The Morgan fingerprint density at radius 3 is 2.38 bits per heavy atom. The van der Waals surface area contributed by atoms with Crippen molar-refractivity contribution >= 4 is 17.8 Å². The molecule has 1 fully saturated rings. The second kappa shape index (κ2) is 8.25. The van der Waals surface area contributed by atoms with Gasteiger partial charge in [0.25, 0.3) is 5.91 Å². The summed E-state index contributed by atoms with van der Waals surface area (Å²) >= 11 is 0. The average molecular weight is 368 g/mol. The molecule has 26 heavy (non-hydrogen) atoms. The highest BCUT2D eigenvalue weighted by Gasteiger charge is 2.34. The third-order valence-electron chi connectivity index (χ3n) is 4.49. The number of piperidine rings is 1. The fourth-order valence-corrected chi connectivity index (χ4v) is 3.02. The summed E-state index contributed by atoms with van der Waals surface area (Å²) in [5.74, 6) is -5.45. The van der Waals surface area contributed by atoms with E-state index in [0.717, 1.165) is 18.2 Å². The van der Waals surface area contributed by atoms with Crippen LogP contribution in [0.5, 0.6) is 0 Å². The summed E-state index contributed by atoms with van der Waals surface area (Å²) in [5, 5.41) is 11.5. The van der Waals surface area contributed by atoms with Crippen molar-refractivity contribution in [1.82, 2.24) is 10.2 Å². The summed E-state index contributed by atoms with van der Waals surface area (Å²) in [6, 6.07) is 2.07. The van der Waals surface area contributed by atoms with Crippen LogP contribution in [0.15, 0.2) is 18.2 Å². The lowest BCUT2D eigenvalue weighted by Gasteiger charge is -2.34. The number of nitrogens with one attached hydrogen (secondary N) is 1. The van der Waals surface area contributed by atoms with Crippen LogP contribution in [0.25, 0.3) is 0 Å². The molecule has 0 aliphatic carbocycles. The summed E-state index contributed by atoms with van der Waals surface area (Å²) in [5.41, 5.74) is -0.743. The Balaban J connectivity index is 2.17. The highest BCUT2D eigenvalue weighted by molar-refractivity contribution is 5.98. The lowest BCUT2D eigenvalue weighted by atomic mass is 9.95. The first-order valence-corrected chi connectivity index (χ1v) is 8.48. The molecule has 0 radical (unpaired) electrons. The van der Waals surface area contributed by atoms with E-state index < -0.39 is 46.9 Å². The smallest absolute Gasteiger partial charge is 0.308 e. The van der Waals surface area contributed by atoms with Crippen molar-refractivity contribution in [1.29, 1.82) is 0 Å². The van der Waals surface area contributed by atoms with Crippen LogP contribution >= 0.6 is 0 Å². The normalized spacial score (nSPS) is 18.5. The number of amides is 2. The molecule has 8 heteroatoms. The van der Waals surface area contributed by atoms with E-state index in [0.29, 0.717) is 19.4 Å². The van der Waals surface area contributed by atoms with Crippen LogP contribution in [0.2, 0.25) is 0 Å². The van der Waals surface area contributed by atoms with Crippen LogP contribution in [0.1, 0.15) is 37.0 Å². The quantitative estimate of drug-likeness (QED) is 0.833. The highest BCUT2D eigenvalue weighted by Crippen LogP contribution is 2.19. The number of carboxylic acid groups (broad SMARTS) is 1. The van der Waals surface area contributed by atoms with Gasteiger partial charge in [0.05, 0.1) is 5.92 Å². The molecule has 1 aliphatic rings. The summed E-state index contributed by atoms with van der Waals surface area (Å²) in [6.45, 7) is 3.83. The van der Waals surface area contributed by atoms with Crippen molar-refractivity contribution in [3.63, 3.8) is 0 Å². The number of likely N-dealkylation sites (tertiary alicyclic amines) is 1. The van der Waals surface area contributed by atoms with Crippen LogP contribution in [-0.2, 0) is 9.59 Å². The SMILES string of the molecule is CC(C)C(NC(=O)c1c(F)cccc1F)C(=O)N1CCC[C@H](C(=O)O)C1. The van der Waals surface area contributed by atoms with Gasteiger partial charge < -0.3 is 15.3 Å². The number of halogens is 2. The minimum atomic E-state index is -1.01. The van der Waals surface area contributed by atoms with Crippen molar-refractivity contribution in [3.05, 3.63) is 35.4 Å². The first-order chi connectivity index (χ1) is 12.2. The van der Waals surface area contributed by atoms with Gasteiger partial charge >= 0.3 is 5.97 Å². The predicted octanol–water partition coefficient (Wildman–Crippen LogP) is 2.04. The van der Waals surface area contributed by atoms with E-state index in [9.17, 15) is 23.2 Å². The fourth-order valence-electron chi connectivity index (χ4n) is 3.02. The van der Waals surface area contributed by atoms with Gasteiger partial charge in [-0.25, -0.2) is 8.78 Å². The first-order valence-electron chi connectivity index (χ1n) is 8.48. The van der Waals surface area contributed by atoms with Crippen LogP contribution in [0, 0.1) is 23.5 Å². The number of carbonyl (C=O) groups excluding carboxylic acids is 2. The number of hydrogen-bond acceptors (Lipinski definition) is 3. The number of carboxylic acids is 1. The van der Waals surface area contributed by atoms with Gasteiger partial charge in [-0.2, -0.15) is 0 Å². The van der Waals surface area contributed by atoms with Gasteiger partial charge in [-0.05, 0) is 30.9 Å². The zero-order chi connectivity index (χ0) is 19.4. The third kappa shape index (κ3) is 4.36. The molecule has 142 valence electrons. The molecule has 0 aromatic heterocycles. The van der Waals surface area contributed by atoms with Crippen molar-refractivity contribution in [3.8, 4) is 0 Å². The second-order valence-electron chi connectivity index (χ2n) is 6.75. The summed E-state index contributed by atoms with van der Waals surface area (Å²) in [7, 11) is 0. The number of nitrogens with zero attached hydrogens (tertiary/aromatic N) is 1. The maximum absolute atomic E-state index is 13.8. The van der Waals surface area contributed by atoms with Crippen LogP contribution in [0.4, 0.5) is 8.78 Å². The molecule has 1 aliphatic heterocycles. The van der Waals surface area contributed by atoms with E-state index in [-0.39, 0.29) is 12.5 Å². The molecule has 2 N–H and O–H groups in total. The number of hydrogen-bond donors (Lipinski definition) is 2. The minimum Gasteiger partial charge on any atom is -0.481 e. The van der Waals surface area contributed by atoms with E-state index >= 15 is 0 Å². The van der Waals surface area contributed by atoms with Gasteiger partial charge in [0.2, 0.25) is 5.91 Å². The zero-order valence-corrected chi connectivity index (χ0v) is 14.7. The second-order valence-corrected chi connectivity index (χ2v) is 6.75. The van der Waals surface area contributed by atoms with Crippen molar-refractivity contribution in [2.24, 2.45) is 11.8 Å². The van der Waals surface area contributed by atoms with Crippen molar-refractivity contribution in [2.45, 2.75) is 32.7 Å². The molecule has 1 aromatic rings. The molecule has 0 saturated carbocycles. The number of rotatable bonds is 5. The van der Waals surface area contributed by atoms with E-state index in [1.165, 1.54) is 4.90 Å². The van der Waals surface area contributed by atoms with Crippen molar-refractivity contribution in [2.75, 3.05) is 13.1 Å². The molecular formula is C18H22F2N2O4. The summed E-state index contributed by atoms with van der Waals surface area (Å²) < 4.78 is 27.6. The zero-order valence-electron chi connectivity index (χ0n) is 14.7. The van der Waals surface area contributed by atoms with Gasteiger partial charge in [0, 0.05) is 13.1 Å². The molecule has 0 spiro atoms. The van der Waals surface area contributed by atoms with E-state index in [4.69, 9.17) is 5.11 Å². The molecule has 1 saturated heterocycles. The highest BCUT2D eigenvalue weighted by atomic mass is 19.1. The Hall–Kier alpha value is -2.51. The number of carbonyl (C=O) groups is 3. The van der Waals surface area contributed by atoms with Gasteiger partial charge in [-0.3, -0.25) is 14.4 Å². The van der Waals surface area contributed by atoms with Crippen LogP contribution in [-0.4, -0.2) is 46.9 Å². The lowest BCUT2D eigenvalue weighted by Crippen LogP contribution is -2.54. The average Bonchev–Trinajstić information content (AvgIpc) is 2.58. The summed E-state index contributed by atoms with van der Waals surface area (Å²) in [6.07, 6.45) is 1.03. The van der Waals surface area contributed by atoms with E-state index in [1.54, 1.807) is 13.8 Å². The van der Waals surface area contributed by atoms with Gasteiger partial charge in [0.1, 0.15) is 23.2 Å². The summed E-state index contributed by atoms with van der Waals surface area (Å²) in [4.78, 5) is 37.6. The topological polar surface area (TPSA) is 86.7 Å².